The third-order valence-electron chi connectivity index (χ3n) is 4.36. The Morgan fingerprint density at radius 1 is 1.32 bits per heavy atom. The van der Waals surface area contributed by atoms with Crippen molar-refractivity contribution >= 4 is 11.7 Å². The van der Waals surface area contributed by atoms with Gasteiger partial charge in [0.2, 0.25) is 0 Å². The van der Waals surface area contributed by atoms with E-state index in [1.54, 1.807) is 14.2 Å². The number of nitrogens with one attached hydrogen (secondary N) is 1. The molecule has 1 N–H and O–H groups in total. The van der Waals surface area contributed by atoms with Crippen LogP contribution in [0, 0.1) is 12.8 Å². The van der Waals surface area contributed by atoms with E-state index >= 15 is 0 Å². The molecule has 0 bridgehead atoms. The van der Waals surface area contributed by atoms with Crippen molar-refractivity contribution in [1.29, 1.82) is 0 Å². The minimum Gasteiger partial charge on any atom is -0.493 e. The SMILES string of the molecule is CCC1CCCN(C(=O)Nc2cc(OC)c(OC)cc2C)C1. The lowest BCUT2D eigenvalue weighted by molar-refractivity contribution is 0.176. The molecule has 0 radical (unpaired) electrons. The molecule has 1 aromatic rings. The predicted molar refractivity (Wildman–Crippen MR) is 87.9 cm³/mol. The number of benzene rings is 1. The molecule has 2 rings (SSSR count). The molecule has 122 valence electrons. The van der Waals surface area contributed by atoms with Gasteiger partial charge in [0, 0.05) is 24.8 Å². The molecular formula is C17H26N2O3. The Morgan fingerprint density at radius 2 is 2.00 bits per heavy atom. The Balaban J connectivity index is 2.11. The minimum atomic E-state index is -0.0338. The maximum Gasteiger partial charge on any atom is 0.321 e. The van der Waals surface area contributed by atoms with Crippen LogP contribution in [0.4, 0.5) is 10.5 Å². The summed E-state index contributed by atoms with van der Waals surface area (Å²) in [6.45, 7) is 5.80. The van der Waals surface area contributed by atoms with Crippen molar-refractivity contribution in [2.45, 2.75) is 33.1 Å². The van der Waals surface area contributed by atoms with Crippen LogP contribution in [0.25, 0.3) is 0 Å². The number of anilines is 1. The van der Waals surface area contributed by atoms with Gasteiger partial charge in [-0.3, -0.25) is 0 Å². The van der Waals surface area contributed by atoms with Gasteiger partial charge in [-0.05, 0) is 37.3 Å². The number of likely N-dealkylation sites (tertiary alicyclic amines) is 1. The van der Waals surface area contributed by atoms with Gasteiger partial charge in [-0.2, -0.15) is 0 Å². The van der Waals surface area contributed by atoms with Crippen LogP contribution in [0.2, 0.25) is 0 Å². The van der Waals surface area contributed by atoms with Crippen LogP contribution in [0.1, 0.15) is 31.7 Å². The number of amides is 2. The smallest absolute Gasteiger partial charge is 0.321 e. The number of piperidine rings is 1. The summed E-state index contributed by atoms with van der Waals surface area (Å²) in [5.74, 6) is 1.90. The van der Waals surface area contributed by atoms with E-state index in [-0.39, 0.29) is 6.03 Å². The first-order chi connectivity index (χ1) is 10.6. The van der Waals surface area contributed by atoms with Crippen LogP contribution in [0.15, 0.2) is 12.1 Å². The molecule has 0 spiro atoms. The number of carbonyl (C=O) groups is 1. The highest BCUT2D eigenvalue weighted by atomic mass is 16.5. The van der Waals surface area contributed by atoms with Crippen LogP contribution < -0.4 is 14.8 Å². The molecule has 0 saturated carbocycles. The van der Waals surface area contributed by atoms with Gasteiger partial charge in [-0.1, -0.05) is 13.3 Å². The van der Waals surface area contributed by atoms with Gasteiger partial charge >= 0.3 is 6.03 Å². The fourth-order valence-corrected chi connectivity index (χ4v) is 2.89. The second kappa shape index (κ2) is 7.38. The summed E-state index contributed by atoms with van der Waals surface area (Å²) in [7, 11) is 3.20. The van der Waals surface area contributed by atoms with E-state index in [0.717, 1.165) is 37.2 Å². The lowest BCUT2D eigenvalue weighted by Gasteiger charge is -2.32. The topological polar surface area (TPSA) is 50.8 Å². The van der Waals surface area contributed by atoms with Gasteiger partial charge in [0.1, 0.15) is 0 Å². The summed E-state index contributed by atoms with van der Waals surface area (Å²) < 4.78 is 10.6. The molecule has 5 heteroatoms. The summed E-state index contributed by atoms with van der Waals surface area (Å²) in [4.78, 5) is 14.4. The van der Waals surface area contributed by atoms with Crippen molar-refractivity contribution in [1.82, 2.24) is 4.90 Å². The first-order valence-corrected chi connectivity index (χ1v) is 7.87. The van der Waals surface area contributed by atoms with Crippen molar-refractivity contribution in [2.75, 3.05) is 32.6 Å². The summed E-state index contributed by atoms with van der Waals surface area (Å²) in [6.07, 6.45) is 3.42. The molecule has 22 heavy (non-hydrogen) atoms. The normalized spacial score (nSPS) is 18.0. The van der Waals surface area contributed by atoms with E-state index in [1.165, 1.54) is 6.42 Å². The fraction of sp³-hybridized carbons (Fsp3) is 0.588. The number of nitrogens with zero attached hydrogens (tertiary/aromatic N) is 1. The Bertz CT molecular complexity index is 531. The molecular weight excluding hydrogens is 280 g/mol. The van der Waals surface area contributed by atoms with E-state index in [9.17, 15) is 4.79 Å². The number of carbonyl (C=O) groups excluding carboxylic acids is 1. The van der Waals surface area contributed by atoms with Gasteiger partial charge < -0.3 is 19.7 Å². The number of hydrogen-bond acceptors (Lipinski definition) is 3. The second-order valence-electron chi connectivity index (χ2n) is 5.81. The number of hydrogen-bond donors (Lipinski definition) is 1. The van der Waals surface area contributed by atoms with E-state index in [2.05, 4.69) is 12.2 Å². The molecule has 2 amide bonds. The van der Waals surface area contributed by atoms with Crippen molar-refractivity contribution < 1.29 is 14.3 Å². The van der Waals surface area contributed by atoms with Crippen molar-refractivity contribution in [2.24, 2.45) is 5.92 Å². The molecule has 1 aliphatic heterocycles. The number of urea groups is 1. The summed E-state index contributed by atoms with van der Waals surface area (Å²) in [5.41, 5.74) is 1.72. The van der Waals surface area contributed by atoms with E-state index < -0.39 is 0 Å². The first-order valence-electron chi connectivity index (χ1n) is 7.87. The maximum atomic E-state index is 12.5. The average Bonchev–Trinajstić information content (AvgIpc) is 2.56. The molecule has 0 aromatic heterocycles. The zero-order chi connectivity index (χ0) is 16.1. The summed E-state index contributed by atoms with van der Waals surface area (Å²) >= 11 is 0. The molecule has 1 unspecified atom stereocenters. The maximum absolute atomic E-state index is 12.5. The standard InChI is InChI=1S/C17H26N2O3/c1-5-13-7-6-8-19(11-13)17(20)18-14-10-16(22-4)15(21-3)9-12(14)2/h9-10,13H,5-8,11H2,1-4H3,(H,18,20). The lowest BCUT2D eigenvalue weighted by Crippen LogP contribution is -2.42. The fourth-order valence-electron chi connectivity index (χ4n) is 2.89. The van der Waals surface area contributed by atoms with Gasteiger partial charge in [0.25, 0.3) is 0 Å². The van der Waals surface area contributed by atoms with Crippen LogP contribution in [0.3, 0.4) is 0 Å². The Morgan fingerprint density at radius 3 is 2.64 bits per heavy atom. The summed E-state index contributed by atoms with van der Waals surface area (Å²) in [5, 5.41) is 3.00. The van der Waals surface area contributed by atoms with Crippen molar-refractivity contribution in [3.8, 4) is 11.5 Å². The minimum absolute atomic E-state index is 0.0338. The third-order valence-corrected chi connectivity index (χ3v) is 4.36. The van der Waals surface area contributed by atoms with E-state index in [1.807, 2.05) is 24.0 Å². The van der Waals surface area contributed by atoms with Gasteiger partial charge in [0.15, 0.2) is 11.5 Å². The van der Waals surface area contributed by atoms with Gasteiger partial charge in [0.05, 0.1) is 14.2 Å². The molecule has 1 atom stereocenters. The summed E-state index contributed by atoms with van der Waals surface area (Å²) in [6, 6.07) is 3.65. The zero-order valence-electron chi connectivity index (χ0n) is 13.9. The Labute approximate surface area is 132 Å². The highest BCUT2D eigenvalue weighted by Crippen LogP contribution is 2.33. The lowest BCUT2D eigenvalue weighted by atomic mass is 9.96. The predicted octanol–water partition coefficient (Wildman–Crippen LogP) is 3.67. The molecule has 5 nitrogen and oxygen atoms in total. The van der Waals surface area contributed by atoms with Crippen molar-refractivity contribution in [3.05, 3.63) is 17.7 Å². The third kappa shape index (κ3) is 3.64. The number of aryl methyl sites for hydroxylation is 1. The first kappa shape index (κ1) is 16.5. The quantitative estimate of drug-likeness (QED) is 0.923. The van der Waals surface area contributed by atoms with Crippen LogP contribution in [0.5, 0.6) is 11.5 Å². The van der Waals surface area contributed by atoms with Gasteiger partial charge in [-0.25, -0.2) is 4.79 Å². The highest BCUT2D eigenvalue weighted by Gasteiger charge is 2.23. The van der Waals surface area contributed by atoms with Gasteiger partial charge in [-0.15, -0.1) is 0 Å². The van der Waals surface area contributed by atoms with Crippen LogP contribution in [-0.2, 0) is 0 Å². The monoisotopic (exact) mass is 306 g/mol. The molecule has 1 fully saturated rings. The number of rotatable bonds is 4. The van der Waals surface area contributed by atoms with Crippen molar-refractivity contribution in [3.63, 3.8) is 0 Å². The average molecular weight is 306 g/mol. The molecule has 1 heterocycles. The Hall–Kier alpha value is -1.91. The molecule has 1 aromatic carbocycles. The number of methoxy groups -OCH3 is 2. The zero-order valence-corrected chi connectivity index (χ0v) is 13.9. The molecule has 0 aliphatic carbocycles. The molecule has 1 aliphatic rings. The van der Waals surface area contributed by atoms with Crippen LogP contribution in [-0.4, -0.2) is 38.2 Å². The van der Waals surface area contributed by atoms with Crippen LogP contribution >= 0.6 is 0 Å². The van der Waals surface area contributed by atoms with E-state index in [0.29, 0.717) is 17.4 Å². The largest absolute Gasteiger partial charge is 0.493 e. The molecule has 1 saturated heterocycles. The number of ether oxygens (including phenoxy) is 2. The van der Waals surface area contributed by atoms with E-state index in [4.69, 9.17) is 9.47 Å². The second-order valence-corrected chi connectivity index (χ2v) is 5.81. The Kier molecular flexibility index (Phi) is 5.52. The highest BCUT2D eigenvalue weighted by molar-refractivity contribution is 5.90.